The molecule has 22 heavy (non-hydrogen) atoms. The summed E-state index contributed by atoms with van der Waals surface area (Å²) in [6.45, 7) is 7.87. The summed E-state index contributed by atoms with van der Waals surface area (Å²) in [4.78, 5) is 22.5. The van der Waals surface area contributed by atoms with Crippen molar-refractivity contribution >= 4 is 11.9 Å². The van der Waals surface area contributed by atoms with Crippen molar-refractivity contribution in [2.45, 2.75) is 46.5 Å². The number of tetrazole rings is 1. The first kappa shape index (κ1) is 18.1. The first-order chi connectivity index (χ1) is 10.3. The SMILES string of the molecule is CC(=O)NCCC(C)C[C@H](c1nnn[nH]1)[C@@H](C(=O)O)C(C)C. The summed E-state index contributed by atoms with van der Waals surface area (Å²) in [5.41, 5.74) is 0. The van der Waals surface area contributed by atoms with Gasteiger partial charge in [-0.05, 0) is 35.1 Å². The van der Waals surface area contributed by atoms with E-state index in [9.17, 15) is 14.7 Å². The van der Waals surface area contributed by atoms with E-state index in [1.165, 1.54) is 6.92 Å². The predicted octanol–water partition coefficient (Wildman–Crippen LogP) is 1.19. The number of rotatable bonds is 9. The molecule has 0 bridgehead atoms. The van der Waals surface area contributed by atoms with E-state index in [0.29, 0.717) is 18.8 Å². The number of amides is 1. The number of carbonyl (C=O) groups is 2. The number of hydrogen-bond acceptors (Lipinski definition) is 5. The molecule has 0 aliphatic heterocycles. The highest BCUT2D eigenvalue weighted by Gasteiger charge is 2.35. The summed E-state index contributed by atoms with van der Waals surface area (Å²) < 4.78 is 0. The number of carboxylic acid groups (broad SMARTS) is 1. The van der Waals surface area contributed by atoms with Gasteiger partial charge in [0.1, 0.15) is 0 Å². The molecule has 0 spiro atoms. The molecule has 0 saturated heterocycles. The van der Waals surface area contributed by atoms with Crippen LogP contribution in [0.2, 0.25) is 0 Å². The van der Waals surface area contributed by atoms with Crippen molar-refractivity contribution in [3.05, 3.63) is 5.82 Å². The Balaban J connectivity index is 2.79. The lowest BCUT2D eigenvalue weighted by atomic mass is 9.77. The van der Waals surface area contributed by atoms with Crippen molar-refractivity contribution < 1.29 is 14.7 Å². The van der Waals surface area contributed by atoms with Gasteiger partial charge in [0.05, 0.1) is 5.92 Å². The summed E-state index contributed by atoms with van der Waals surface area (Å²) in [6, 6.07) is 0. The Morgan fingerprint density at radius 1 is 1.32 bits per heavy atom. The molecule has 3 N–H and O–H groups in total. The molecule has 1 heterocycles. The summed E-state index contributed by atoms with van der Waals surface area (Å²) >= 11 is 0. The highest BCUT2D eigenvalue weighted by Crippen LogP contribution is 2.34. The molecule has 0 fully saturated rings. The number of carboxylic acids is 1. The third-order valence-corrected chi connectivity index (χ3v) is 3.82. The fraction of sp³-hybridized carbons (Fsp3) is 0.786. The third-order valence-electron chi connectivity index (χ3n) is 3.82. The van der Waals surface area contributed by atoms with Gasteiger partial charge in [-0.15, -0.1) is 5.10 Å². The number of aromatic nitrogens is 4. The molecular formula is C14H25N5O3. The number of nitrogens with one attached hydrogen (secondary N) is 2. The first-order valence-corrected chi connectivity index (χ1v) is 7.53. The van der Waals surface area contributed by atoms with Crippen LogP contribution in [0.4, 0.5) is 0 Å². The van der Waals surface area contributed by atoms with Crippen molar-refractivity contribution in [1.82, 2.24) is 25.9 Å². The quantitative estimate of drug-likeness (QED) is 0.630. The minimum atomic E-state index is -0.842. The molecule has 0 radical (unpaired) electrons. The predicted molar refractivity (Wildman–Crippen MR) is 80.0 cm³/mol. The number of aromatic amines is 1. The number of hydrogen-bond donors (Lipinski definition) is 3. The molecule has 1 aromatic heterocycles. The maximum atomic E-state index is 11.6. The molecule has 3 atom stereocenters. The van der Waals surface area contributed by atoms with Gasteiger partial charge in [0.2, 0.25) is 5.91 Å². The number of carbonyl (C=O) groups excluding carboxylic acids is 1. The topological polar surface area (TPSA) is 121 Å². The van der Waals surface area contributed by atoms with E-state index in [2.05, 4.69) is 25.9 Å². The van der Waals surface area contributed by atoms with Crippen LogP contribution in [0.25, 0.3) is 0 Å². The van der Waals surface area contributed by atoms with Gasteiger partial charge < -0.3 is 10.4 Å². The summed E-state index contributed by atoms with van der Waals surface area (Å²) in [5, 5.41) is 26.0. The largest absolute Gasteiger partial charge is 0.481 e. The molecule has 1 unspecified atom stereocenters. The van der Waals surface area contributed by atoms with Crippen LogP contribution in [-0.4, -0.2) is 44.2 Å². The molecule has 0 aromatic carbocycles. The van der Waals surface area contributed by atoms with Crippen LogP contribution < -0.4 is 5.32 Å². The second kappa shape index (κ2) is 8.45. The Labute approximate surface area is 130 Å². The molecule has 8 nitrogen and oxygen atoms in total. The summed E-state index contributed by atoms with van der Waals surface area (Å²) in [5.74, 6) is -1.03. The molecule has 124 valence electrons. The van der Waals surface area contributed by atoms with Gasteiger partial charge in [-0.3, -0.25) is 9.59 Å². The maximum Gasteiger partial charge on any atom is 0.307 e. The van der Waals surface area contributed by atoms with E-state index in [4.69, 9.17) is 0 Å². The van der Waals surface area contributed by atoms with E-state index in [1.54, 1.807) is 0 Å². The fourth-order valence-corrected chi connectivity index (χ4v) is 2.72. The fourth-order valence-electron chi connectivity index (χ4n) is 2.72. The van der Waals surface area contributed by atoms with E-state index >= 15 is 0 Å². The van der Waals surface area contributed by atoms with Crippen LogP contribution in [-0.2, 0) is 9.59 Å². The molecule has 8 heteroatoms. The molecule has 0 aliphatic rings. The Morgan fingerprint density at radius 2 is 2.00 bits per heavy atom. The van der Waals surface area contributed by atoms with Crippen LogP contribution in [0.15, 0.2) is 0 Å². The van der Waals surface area contributed by atoms with Crippen LogP contribution in [0.3, 0.4) is 0 Å². The van der Waals surface area contributed by atoms with Gasteiger partial charge in [-0.2, -0.15) is 0 Å². The summed E-state index contributed by atoms with van der Waals surface area (Å²) in [6.07, 6.45) is 1.42. The summed E-state index contributed by atoms with van der Waals surface area (Å²) in [7, 11) is 0. The van der Waals surface area contributed by atoms with Crippen LogP contribution in [0.1, 0.15) is 52.3 Å². The second-order valence-electron chi connectivity index (χ2n) is 6.11. The highest BCUT2D eigenvalue weighted by molar-refractivity contribution is 5.72. The second-order valence-corrected chi connectivity index (χ2v) is 6.11. The Kier molecular flexibility index (Phi) is 6.94. The average molecular weight is 311 g/mol. The molecule has 0 saturated carbocycles. The Bertz CT molecular complexity index is 475. The number of aliphatic carboxylic acids is 1. The first-order valence-electron chi connectivity index (χ1n) is 7.53. The molecule has 1 aromatic rings. The van der Waals surface area contributed by atoms with Crippen molar-refractivity contribution in [1.29, 1.82) is 0 Å². The zero-order chi connectivity index (χ0) is 16.7. The van der Waals surface area contributed by atoms with Crippen molar-refractivity contribution in [3.8, 4) is 0 Å². The average Bonchev–Trinajstić information content (AvgIpc) is 2.90. The minimum absolute atomic E-state index is 0.0323. The maximum absolute atomic E-state index is 11.6. The lowest BCUT2D eigenvalue weighted by Gasteiger charge is -2.27. The standard InChI is InChI=1S/C14H25N5O3/c1-8(2)12(14(21)22)11(13-16-18-19-17-13)7-9(3)5-6-15-10(4)20/h8-9,11-12H,5-7H2,1-4H3,(H,15,20)(H,21,22)(H,16,17,18,19)/t9?,11-,12-/m0/s1. The van der Waals surface area contributed by atoms with E-state index in [1.807, 2.05) is 20.8 Å². The van der Waals surface area contributed by atoms with Crippen LogP contribution in [0, 0.1) is 17.8 Å². The Hall–Kier alpha value is -1.99. The van der Waals surface area contributed by atoms with Crippen LogP contribution in [0.5, 0.6) is 0 Å². The zero-order valence-electron chi connectivity index (χ0n) is 13.5. The van der Waals surface area contributed by atoms with Crippen LogP contribution >= 0.6 is 0 Å². The van der Waals surface area contributed by atoms with E-state index in [0.717, 1.165) is 6.42 Å². The van der Waals surface area contributed by atoms with Gasteiger partial charge in [0.25, 0.3) is 0 Å². The van der Waals surface area contributed by atoms with E-state index in [-0.39, 0.29) is 23.7 Å². The van der Waals surface area contributed by atoms with Gasteiger partial charge in [0.15, 0.2) is 5.82 Å². The van der Waals surface area contributed by atoms with Crippen molar-refractivity contribution in [2.24, 2.45) is 17.8 Å². The molecule has 1 amide bonds. The Morgan fingerprint density at radius 3 is 2.45 bits per heavy atom. The smallest absolute Gasteiger partial charge is 0.307 e. The van der Waals surface area contributed by atoms with Gasteiger partial charge in [0, 0.05) is 19.4 Å². The van der Waals surface area contributed by atoms with E-state index < -0.39 is 11.9 Å². The minimum Gasteiger partial charge on any atom is -0.481 e. The zero-order valence-corrected chi connectivity index (χ0v) is 13.5. The lowest BCUT2D eigenvalue weighted by molar-refractivity contribution is -0.144. The van der Waals surface area contributed by atoms with Gasteiger partial charge >= 0.3 is 5.97 Å². The normalized spacial score (nSPS) is 15.3. The molecule has 0 aliphatic carbocycles. The monoisotopic (exact) mass is 311 g/mol. The van der Waals surface area contributed by atoms with Gasteiger partial charge in [-0.25, -0.2) is 5.10 Å². The highest BCUT2D eigenvalue weighted by atomic mass is 16.4. The number of H-pyrrole nitrogens is 1. The van der Waals surface area contributed by atoms with Crippen molar-refractivity contribution in [2.75, 3.05) is 6.54 Å². The molecule has 1 rings (SSSR count). The number of nitrogens with zero attached hydrogens (tertiary/aromatic N) is 3. The third kappa shape index (κ3) is 5.42. The molecular weight excluding hydrogens is 286 g/mol. The van der Waals surface area contributed by atoms with Crippen molar-refractivity contribution in [3.63, 3.8) is 0 Å². The van der Waals surface area contributed by atoms with Gasteiger partial charge in [-0.1, -0.05) is 20.8 Å². The lowest BCUT2D eigenvalue weighted by Crippen LogP contribution is -2.30.